The zero-order valence-corrected chi connectivity index (χ0v) is 12.7. The lowest BCUT2D eigenvalue weighted by Gasteiger charge is -2.46. The van der Waals surface area contributed by atoms with Crippen LogP contribution in [0.5, 0.6) is 0 Å². The maximum Gasteiger partial charge on any atom is 0.0313 e. The van der Waals surface area contributed by atoms with E-state index in [0.29, 0.717) is 6.04 Å². The minimum absolute atomic E-state index is 0.216. The number of nitrogens with zero attached hydrogens (tertiary/aromatic N) is 2. The highest BCUT2D eigenvalue weighted by atomic mass is 15.3. The summed E-state index contributed by atoms with van der Waals surface area (Å²) in [6, 6.07) is 2.88. The summed E-state index contributed by atoms with van der Waals surface area (Å²) in [6.45, 7) is 12.2. The van der Waals surface area contributed by atoms with E-state index in [9.17, 15) is 0 Å². The van der Waals surface area contributed by atoms with E-state index in [1.807, 2.05) is 12.4 Å². The third-order valence-corrected chi connectivity index (χ3v) is 4.06. The zero-order valence-electron chi connectivity index (χ0n) is 12.7. The number of piperazine rings is 1. The predicted molar refractivity (Wildman–Crippen MR) is 80.2 cm³/mol. The van der Waals surface area contributed by atoms with Gasteiger partial charge in [0.2, 0.25) is 0 Å². The molecule has 0 spiro atoms. The van der Waals surface area contributed by atoms with Crippen LogP contribution in [0.25, 0.3) is 0 Å². The summed E-state index contributed by atoms with van der Waals surface area (Å²) in [4.78, 5) is 6.91. The summed E-state index contributed by atoms with van der Waals surface area (Å²) in [5.74, 6) is 0. The summed E-state index contributed by atoms with van der Waals surface area (Å²) in [5, 5.41) is 3.68. The predicted octanol–water partition coefficient (Wildman–Crippen LogP) is 2.74. The van der Waals surface area contributed by atoms with Crippen molar-refractivity contribution in [1.29, 1.82) is 0 Å². The Morgan fingerprint density at radius 2 is 2.21 bits per heavy atom. The molecule has 2 heterocycles. The molecule has 0 saturated carbocycles. The van der Waals surface area contributed by atoms with Crippen molar-refractivity contribution in [3.8, 4) is 0 Å². The van der Waals surface area contributed by atoms with Gasteiger partial charge in [-0.05, 0) is 38.3 Å². The summed E-state index contributed by atoms with van der Waals surface area (Å²) in [6.07, 6.45) is 6.43. The molecule has 3 heteroatoms. The van der Waals surface area contributed by atoms with Gasteiger partial charge in [0, 0.05) is 43.6 Å². The van der Waals surface area contributed by atoms with Crippen molar-refractivity contribution in [2.75, 3.05) is 13.1 Å². The molecule has 1 fully saturated rings. The SMILES string of the molecule is CCCC1CN(Cc2cncc(C)c2)C(C)(C)CN1. The van der Waals surface area contributed by atoms with E-state index in [4.69, 9.17) is 0 Å². The maximum absolute atomic E-state index is 4.31. The van der Waals surface area contributed by atoms with Crippen molar-refractivity contribution < 1.29 is 0 Å². The lowest BCUT2D eigenvalue weighted by molar-refractivity contribution is 0.0563. The molecule has 1 N–H and O–H groups in total. The van der Waals surface area contributed by atoms with Gasteiger partial charge in [0.15, 0.2) is 0 Å². The Morgan fingerprint density at radius 1 is 1.42 bits per heavy atom. The van der Waals surface area contributed by atoms with Crippen LogP contribution in [0.2, 0.25) is 0 Å². The van der Waals surface area contributed by atoms with Gasteiger partial charge < -0.3 is 5.32 Å². The molecule has 1 aliphatic heterocycles. The molecule has 19 heavy (non-hydrogen) atoms. The molecule has 1 saturated heterocycles. The second-order valence-electron chi connectivity index (χ2n) is 6.43. The number of nitrogens with one attached hydrogen (secondary N) is 1. The van der Waals surface area contributed by atoms with Gasteiger partial charge in [-0.15, -0.1) is 0 Å². The third kappa shape index (κ3) is 3.77. The molecule has 0 amide bonds. The summed E-state index contributed by atoms with van der Waals surface area (Å²) in [7, 11) is 0. The first kappa shape index (κ1) is 14.5. The molecular formula is C16H27N3. The molecule has 1 unspecified atom stereocenters. The number of aromatic nitrogens is 1. The van der Waals surface area contributed by atoms with Gasteiger partial charge in [-0.25, -0.2) is 0 Å². The van der Waals surface area contributed by atoms with Crippen molar-refractivity contribution in [3.63, 3.8) is 0 Å². The zero-order chi connectivity index (χ0) is 13.9. The molecule has 1 aliphatic rings. The number of rotatable bonds is 4. The van der Waals surface area contributed by atoms with Crippen LogP contribution in [-0.2, 0) is 6.54 Å². The molecule has 1 atom stereocenters. The largest absolute Gasteiger partial charge is 0.311 e. The highest BCUT2D eigenvalue weighted by Crippen LogP contribution is 2.22. The minimum atomic E-state index is 0.216. The van der Waals surface area contributed by atoms with E-state index in [1.54, 1.807) is 0 Å². The summed E-state index contributed by atoms with van der Waals surface area (Å²) in [5.41, 5.74) is 2.79. The fourth-order valence-electron chi connectivity index (χ4n) is 2.83. The van der Waals surface area contributed by atoms with Crippen LogP contribution >= 0.6 is 0 Å². The van der Waals surface area contributed by atoms with Crippen LogP contribution in [0.1, 0.15) is 44.7 Å². The van der Waals surface area contributed by atoms with Gasteiger partial charge in [0.25, 0.3) is 0 Å². The lowest BCUT2D eigenvalue weighted by atomic mass is 9.95. The molecule has 0 bridgehead atoms. The molecule has 2 rings (SSSR count). The summed E-state index contributed by atoms with van der Waals surface area (Å²) < 4.78 is 0. The van der Waals surface area contributed by atoms with Gasteiger partial charge in [-0.3, -0.25) is 9.88 Å². The van der Waals surface area contributed by atoms with Gasteiger partial charge in [-0.1, -0.05) is 19.4 Å². The normalized spacial score (nSPS) is 23.5. The van der Waals surface area contributed by atoms with Crippen molar-refractivity contribution in [1.82, 2.24) is 15.2 Å². The smallest absolute Gasteiger partial charge is 0.0313 e. The van der Waals surface area contributed by atoms with Crippen molar-refractivity contribution in [2.24, 2.45) is 0 Å². The van der Waals surface area contributed by atoms with Crippen LogP contribution in [0, 0.1) is 6.92 Å². The van der Waals surface area contributed by atoms with Crippen LogP contribution in [0.4, 0.5) is 0 Å². The number of hydrogen-bond donors (Lipinski definition) is 1. The molecule has 0 aliphatic carbocycles. The Kier molecular flexibility index (Phi) is 4.58. The molecule has 0 aromatic carbocycles. The molecule has 1 aromatic heterocycles. The first-order valence-electron chi connectivity index (χ1n) is 7.40. The van der Waals surface area contributed by atoms with Crippen LogP contribution in [-0.4, -0.2) is 34.6 Å². The molecule has 0 radical (unpaired) electrons. The van der Waals surface area contributed by atoms with E-state index < -0.39 is 0 Å². The van der Waals surface area contributed by atoms with E-state index in [-0.39, 0.29) is 5.54 Å². The Balaban J connectivity index is 2.06. The van der Waals surface area contributed by atoms with E-state index in [1.165, 1.54) is 24.0 Å². The standard InChI is InChI=1S/C16H27N3/c1-5-6-15-11-19(16(3,4)12-18-15)10-14-7-13(2)8-17-9-14/h7-9,15,18H,5-6,10-12H2,1-4H3. The van der Waals surface area contributed by atoms with Gasteiger partial charge in [0.1, 0.15) is 0 Å². The second-order valence-corrected chi connectivity index (χ2v) is 6.43. The monoisotopic (exact) mass is 261 g/mol. The second kappa shape index (κ2) is 6.02. The third-order valence-electron chi connectivity index (χ3n) is 4.06. The van der Waals surface area contributed by atoms with Crippen molar-refractivity contribution in [3.05, 3.63) is 29.6 Å². The Morgan fingerprint density at radius 3 is 2.89 bits per heavy atom. The van der Waals surface area contributed by atoms with E-state index >= 15 is 0 Å². The highest BCUT2D eigenvalue weighted by Gasteiger charge is 2.33. The van der Waals surface area contributed by atoms with E-state index in [0.717, 1.165) is 19.6 Å². The first-order valence-corrected chi connectivity index (χ1v) is 7.40. The molecular weight excluding hydrogens is 234 g/mol. The van der Waals surface area contributed by atoms with Crippen LogP contribution in [0.3, 0.4) is 0 Å². The lowest BCUT2D eigenvalue weighted by Crippen LogP contribution is -2.61. The molecule has 3 nitrogen and oxygen atoms in total. The van der Waals surface area contributed by atoms with E-state index in [2.05, 4.69) is 49.0 Å². The average molecular weight is 261 g/mol. The number of pyridine rings is 1. The Bertz CT molecular complexity index is 414. The van der Waals surface area contributed by atoms with Gasteiger partial charge in [-0.2, -0.15) is 0 Å². The quantitative estimate of drug-likeness (QED) is 0.903. The molecule has 106 valence electrons. The van der Waals surface area contributed by atoms with Gasteiger partial charge >= 0.3 is 0 Å². The fourth-order valence-corrected chi connectivity index (χ4v) is 2.83. The fraction of sp³-hybridized carbons (Fsp3) is 0.688. The van der Waals surface area contributed by atoms with Crippen LogP contribution < -0.4 is 5.32 Å². The van der Waals surface area contributed by atoms with Gasteiger partial charge in [0.05, 0.1) is 0 Å². The first-order chi connectivity index (χ1) is 9.01. The van der Waals surface area contributed by atoms with Crippen LogP contribution in [0.15, 0.2) is 18.5 Å². The Labute approximate surface area is 117 Å². The summed E-state index contributed by atoms with van der Waals surface area (Å²) >= 11 is 0. The average Bonchev–Trinajstić information content (AvgIpc) is 2.34. The van der Waals surface area contributed by atoms with Crippen molar-refractivity contribution in [2.45, 2.75) is 58.7 Å². The maximum atomic E-state index is 4.31. The van der Waals surface area contributed by atoms with Crippen molar-refractivity contribution >= 4 is 0 Å². The Hall–Kier alpha value is -0.930. The topological polar surface area (TPSA) is 28.2 Å². The number of aryl methyl sites for hydroxylation is 1. The highest BCUT2D eigenvalue weighted by molar-refractivity contribution is 5.17. The minimum Gasteiger partial charge on any atom is -0.311 e. The molecule has 1 aromatic rings. The number of hydrogen-bond acceptors (Lipinski definition) is 3.